The third kappa shape index (κ3) is 4.56. The number of halogens is 1. The minimum atomic E-state index is -0.397. The molecule has 5 aromatic heterocycles. The molecule has 1 aliphatic heterocycles. The summed E-state index contributed by atoms with van der Waals surface area (Å²) in [5.41, 5.74) is 7.70. The van der Waals surface area contributed by atoms with Crippen molar-refractivity contribution in [3.63, 3.8) is 0 Å². The number of piperidine rings is 1. The van der Waals surface area contributed by atoms with Gasteiger partial charge in [-0.05, 0) is 67.4 Å². The second-order valence-electron chi connectivity index (χ2n) is 10.1. The first-order valence-corrected chi connectivity index (χ1v) is 13.4. The largest absolute Gasteiger partial charge is 0.497 e. The molecule has 2 N–H and O–H groups in total. The molecule has 0 spiro atoms. The Balaban J connectivity index is 1.26. The van der Waals surface area contributed by atoms with Gasteiger partial charge in [0.05, 0.1) is 35.6 Å². The van der Waals surface area contributed by atoms with Crippen LogP contribution in [0, 0.1) is 5.82 Å². The summed E-state index contributed by atoms with van der Waals surface area (Å²) in [4.78, 5) is 24.5. The van der Waals surface area contributed by atoms with Crippen molar-refractivity contribution in [2.45, 2.75) is 25.8 Å². The minimum Gasteiger partial charge on any atom is -0.497 e. The molecule has 0 bridgehead atoms. The van der Waals surface area contributed by atoms with Gasteiger partial charge < -0.3 is 9.72 Å². The number of benzene rings is 1. The van der Waals surface area contributed by atoms with Crippen LogP contribution >= 0.6 is 0 Å². The number of fused-ring (bicyclic) bond motifs is 2. The molecule has 10 heteroatoms. The van der Waals surface area contributed by atoms with Gasteiger partial charge in [0.1, 0.15) is 17.1 Å². The van der Waals surface area contributed by atoms with E-state index in [1.165, 1.54) is 44.1 Å². The van der Waals surface area contributed by atoms with Gasteiger partial charge in [0.15, 0.2) is 11.5 Å². The molecule has 1 aliphatic rings. The first-order chi connectivity index (χ1) is 19.6. The third-order valence-electron chi connectivity index (χ3n) is 7.39. The molecule has 6 aromatic rings. The maximum atomic E-state index is 14.3. The van der Waals surface area contributed by atoms with E-state index in [0.717, 1.165) is 36.4 Å². The van der Waals surface area contributed by atoms with Crippen LogP contribution in [0.25, 0.3) is 56.0 Å². The fourth-order valence-electron chi connectivity index (χ4n) is 5.41. The van der Waals surface area contributed by atoms with E-state index in [2.05, 4.69) is 36.1 Å². The lowest BCUT2D eigenvalue weighted by Gasteiger charge is -2.26. The Labute approximate surface area is 229 Å². The minimum absolute atomic E-state index is 0.397. The number of imidazole rings is 1. The zero-order valence-electron chi connectivity index (χ0n) is 22.0. The molecule has 7 rings (SSSR count). The lowest BCUT2D eigenvalue weighted by atomic mass is 10.1. The van der Waals surface area contributed by atoms with E-state index in [4.69, 9.17) is 14.7 Å². The number of nitrogens with one attached hydrogen (secondary N) is 2. The van der Waals surface area contributed by atoms with Gasteiger partial charge in [-0.2, -0.15) is 5.10 Å². The van der Waals surface area contributed by atoms with Gasteiger partial charge in [-0.25, -0.2) is 14.4 Å². The zero-order valence-corrected chi connectivity index (χ0v) is 22.0. The van der Waals surface area contributed by atoms with Crippen LogP contribution in [-0.2, 0) is 6.54 Å². The van der Waals surface area contributed by atoms with Gasteiger partial charge in [-0.1, -0.05) is 6.42 Å². The van der Waals surface area contributed by atoms with Crippen LogP contribution in [0.5, 0.6) is 5.75 Å². The van der Waals surface area contributed by atoms with Crippen LogP contribution in [0.3, 0.4) is 0 Å². The summed E-state index contributed by atoms with van der Waals surface area (Å²) < 4.78 is 19.5. The molecule has 1 fully saturated rings. The van der Waals surface area contributed by atoms with Crippen LogP contribution < -0.4 is 4.74 Å². The number of hydrogen-bond donors (Lipinski definition) is 2. The molecule has 0 saturated carbocycles. The summed E-state index contributed by atoms with van der Waals surface area (Å²) >= 11 is 0. The third-order valence-corrected chi connectivity index (χ3v) is 7.39. The first-order valence-electron chi connectivity index (χ1n) is 13.4. The predicted molar refractivity (Wildman–Crippen MR) is 151 cm³/mol. The Morgan fingerprint density at radius 1 is 0.875 bits per heavy atom. The van der Waals surface area contributed by atoms with Crippen molar-refractivity contribution in [3.05, 3.63) is 72.6 Å². The summed E-state index contributed by atoms with van der Waals surface area (Å²) in [6.07, 6.45) is 11.0. The molecule has 1 aromatic carbocycles. The van der Waals surface area contributed by atoms with E-state index < -0.39 is 5.82 Å². The van der Waals surface area contributed by atoms with E-state index in [9.17, 15) is 4.39 Å². The molecule has 1 saturated heterocycles. The Morgan fingerprint density at radius 3 is 2.62 bits per heavy atom. The Bertz CT molecular complexity index is 1840. The molecule has 0 radical (unpaired) electrons. The van der Waals surface area contributed by atoms with Crippen molar-refractivity contribution in [1.82, 2.24) is 40.0 Å². The van der Waals surface area contributed by atoms with Gasteiger partial charge in [0.2, 0.25) is 0 Å². The smallest absolute Gasteiger partial charge is 0.161 e. The Hall–Kier alpha value is -4.70. The van der Waals surface area contributed by atoms with Gasteiger partial charge in [0.25, 0.3) is 0 Å². The summed E-state index contributed by atoms with van der Waals surface area (Å²) in [5.74, 6) is 0.569. The van der Waals surface area contributed by atoms with E-state index in [-0.39, 0.29) is 0 Å². The monoisotopic (exact) mass is 534 g/mol. The normalized spacial score (nSPS) is 14.2. The predicted octanol–water partition coefficient (Wildman–Crippen LogP) is 5.76. The van der Waals surface area contributed by atoms with E-state index in [0.29, 0.717) is 44.9 Å². The maximum Gasteiger partial charge on any atom is 0.161 e. The van der Waals surface area contributed by atoms with E-state index in [1.807, 2.05) is 24.5 Å². The number of nitrogens with zero attached hydrogens (tertiary/aromatic N) is 6. The average Bonchev–Trinajstić information content (AvgIpc) is 3.61. The van der Waals surface area contributed by atoms with Crippen molar-refractivity contribution >= 4 is 22.1 Å². The summed E-state index contributed by atoms with van der Waals surface area (Å²) in [5, 5.41) is 7.60. The number of pyridine rings is 3. The lowest BCUT2D eigenvalue weighted by Crippen LogP contribution is -2.29. The van der Waals surface area contributed by atoms with Crippen LogP contribution in [0.15, 0.2) is 61.2 Å². The van der Waals surface area contributed by atoms with Crippen LogP contribution in [0.2, 0.25) is 0 Å². The highest BCUT2D eigenvalue weighted by Crippen LogP contribution is 2.33. The number of likely N-dealkylation sites (tertiary alicyclic amines) is 1. The molecule has 200 valence electrons. The molecular formula is C30H27FN8O. The number of rotatable bonds is 6. The first kappa shape index (κ1) is 24.3. The van der Waals surface area contributed by atoms with Gasteiger partial charge in [-0.15, -0.1) is 0 Å². The Morgan fingerprint density at radius 2 is 1.75 bits per heavy atom. The zero-order chi connectivity index (χ0) is 27.1. The highest BCUT2D eigenvalue weighted by molar-refractivity contribution is 5.96. The van der Waals surface area contributed by atoms with E-state index in [1.54, 1.807) is 18.5 Å². The summed E-state index contributed by atoms with van der Waals surface area (Å²) in [6, 6.07) is 10.7. The quantitative estimate of drug-likeness (QED) is 0.280. The fourth-order valence-corrected chi connectivity index (χ4v) is 5.41. The van der Waals surface area contributed by atoms with Gasteiger partial charge >= 0.3 is 0 Å². The number of methoxy groups -OCH3 is 1. The second-order valence-corrected chi connectivity index (χ2v) is 10.1. The molecular weight excluding hydrogens is 507 g/mol. The number of aromatic nitrogens is 7. The Kier molecular flexibility index (Phi) is 6.16. The van der Waals surface area contributed by atoms with Crippen molar-refractivity contribution in [3.8, 4) is 39.7 Å². The number of aromatic amines is 2. The molecule has 40 heavy (non-hydrogen) atoms. The van der Waals surface area contributed by atoms with E-state index >= 15 is 0 Å². The molecule has 0 amide bonds. The van der Waals surface area contributed by atoms with Crippen LogP contribution in [0.4, 0.5) is 4.39 Å². The number of ether oxygens (including phenoxy) is 1. The SMILES string of the molecule is COc1cc(F)cc(-c2cncc3[nH]c(-c4n[nH]c5ccc(-c6cncc(CN7CCCCC7)c6)nc45)nc23)c1. The highest BCUT2D eigenvalue weighted by Gasteiger charge is 2.18. The molecule has 0 unspecified atom stereocenters. The fraction of sp³-hybridized carbons (Fsp3) is 0.233. The van der Waals surface area contributed by atoms with Crippen molar-refractivity contribution in [2.24, 2.45) is 0 Å². The maximum absolute atomic E-state index is 14.3. The standard InChI is InChI=1S/C30H27FN8O/c1-40-22-11-19(10-21(31)12-22)23-15-33-16-26-27(23)36-30(35-26)29-28-25(37-38-29)6-5-24(34-28)20-9-18(13-32-14-20)17-39-7-3-2-4-8-39/h5-6,9-16H,2-4,7-8,17H2,1H3,(H,35,36)(H,37,38). The molecule has 6 heterocycles. The van der Waals surface area contributed by atoms with Crippen LogP contribution in [-0.4, -0.2) is 60.2 Å². The molecule has 0 aliphatic carbocycles. The summed E-state index contributed by atoms with van der Waals surface area (Å²) in [7, 11) is 1.51. The average molecular weight is 535 g/mol. The van der Waals surface area contributed by atoms with Crippen molar-refractivity contribution in [2.75, 3.05) is 20.2 Å². The lowest BCUT2D eigenvalue weighted by molar-refractivity contribution is 0.220. The second kappa shape index (κ2) is 10.1. The molecule has 9 nitrogen and oxygen atoms in total. The number of hydrogen-bond acceptors (Lipinski definition) is 7. The van der Waals surface area contributed by atoms with Crippen molar-refractivity contribution in [1.29, 1.82) is 0 Å². The van der Waals surface area contributed by atoms with Crippen LogP contribution in [0.1, 0.15) is 24.8 Å². The number of H-pyrrole nitrogens is 2. The highest BCUT2D eigenvalue weighted by atomic mass is 19.1. The topological polar surface area (TPSA) is 108 Å². The van der Waals surface area contributed by atoms with Crippen molar-refractivity contribution < 1.29 is 9.13 Å². The van der Waals surface area contributed by atoms with Gasteiger partial charge in [-0.3, -0.25) is 20.0 Å². The van der Waals surface area contributed by atoms with Gasteiger partial charge in [0, 0.05) is 42.3 Å². The summed E-state index contributed by atoms with van der Waals surface area (Å²) in [6.45, 7) is 3.16. The molecule has 0 atom stereocenters.